The van der Waals surface area contributed by atoms with E-state index in [1.165, 1.54) is 16.2 Å². The van der Waals surface area contributed by atoms with Crippen LogP contribution in [0, 0.1) is 0 Å². The van der Waals surface area contributed by atoms with Gasteiger partial charge in [-0.2, -0.15) is 0 Å². The lowest BCUT2D eigenvalue weighted by atomic mass is 9.99. The van der Waals surface area contributed by atoms with E-state index in [1.807, 2.05) is 37.3 Å². The fourth-order valence-electron chi connectivity index (χ4n) is 2.48. The lowest BCUT2D eigenvalue weighted by Gasteiger charge is -2.05. The van der Waals surface area contributed by atoms with Crippen molar-refractivity contribution < 1.29 is 4.79 Å². The first-order valence-electron chi connectivity index (χ1n) is 6.73. The molecule has 0 atom stereocenters. The van der Waals surface area contributed by atoms with E-state index in [0.29, 0.717) is 6.42 Å². The second kappa shape index (κ2) is 4.85. The van der Waals surface area contributed by atoms with E-state index in [1.54, 1.807) is 0 Å². The highest BCUT2D eigenvalue weighted by Crippen LogP contribution is 2.24. The third kappa shape index (κ3) is 2.24. The first kappa shape index (κ1) is 11.9. The van der Waals surface area contributed by atoms with Crippen molar-refractivity contribution in [1.82, 2.24) is 0 Å². The molecule has 0 bridgehead atoms. The van der Waals surface area contributed by atoms with Crippen LogP contribution < -0.4 is 0 Å². The lowest BCUT2D eigenvalue weighted by molar-refractivity contribution is 0.0982. The Morgan fingerprint density at radius 3 is 2.16 bits per heavy atom. The molecule has 0 aliphatic rings. The third-order valence-electron chi connectivity index (χ3n) is 3.50. The molecular formula is C18H16O. The zero-order valence-electron chi connectivity index (χ0n) is 11.0. The predicted molar refractivity (Wildman–Crippen MR) is 80.7 cm³/mol. The molecule has 1 nitrogen and oxygen atoms in total. The van der Waals surface area contributed by atoms with Crippen LogP contribution in [0.25, 0.3) is 21.5 Å². The minimum absolute atomic E-state index is 0.234. The van der Waals surface area contributed by atoms with Crippen molar-refractivity contribution >= 4 is 27.3 Å². The van der Waals surface area contributed by atoms with Gasteiger partial charge in [-0.15, -0.1) is 0 Å². The SMILES string of the molecule is CCCC(=O)c1ccc2cc3ccccc3cc2c1. The monoisotopic (exact) mass is 248 g/mol. The van der Waals surface area contributed by atoms with Gasteiger partial charge in [0.05, 0.1) is 0 Å². The molecule has 0 amide bonds. The Kier molecular flexibility index (Phi) is 3.04. The van der Waals surface area contributed by atoms with Crippen LogP contribution in [0.2, 0.25) is 0 Å². The van der Waals surface area contributed by atoms with E-state index in [9.17, 15) is 4.79 Å². The normalized spacial score (nSPS) is 11.0. The van der Waals surface area contributed by atoms with Gasteiger partial charge in [-0.05, 0) is 46.2 Å². The van der Waals surface area contributed by atoms with E-state index in [0.717, 1.165) is 17.4 Å². The fourth-order valence-corrected chi connectivity index (χ4v) is 2.48. The van der Waals surface area contributed by atoms with Crippen molar-refractivity contribution in [3.63, 3.8) is 0 Å². The van der Waals surface area contributed by atoms with Gasteiger partial charge in [-0.1, -0.05) is 43.3 Å². The number of carbonyl (C=O) groups excluding carboxylic acids is 1. The Bertz CT molecular complexity index is 756. The average Bonchev–Trinajstić information content (AvgIpc) is 2.44. The van der Waals surface area contributed by atoms with Gasteiger partial charge in [0.25, 0.3) is 0 Å². The molecule has 0 heterocycles. The third-order valence-corrected chi connectivity index (χ3v) is 3.50. The maximum absolute atomic E-state index is 12.0. The summed E-state index contributed by atoms with van der Waals surface area (Å²) >= 11 is 0. The van der Waals surface area contributed by atoms with Crippen molar-refractivity contribution in [3.8, 4) is 0 Å². The summed E-state index contributed by atoms with van der Waals surface area (Å²) in [6.45, 7) is 2.03. The van der Waals surface area contributed by atoms with Gasteiger partial charge in [0, 0.05) is 12.0 Å². The summed E-state index contributed by atoms with van der Waals surface area (Å²) in [6, 6.07) is 18.7. The lowest BCUT2D eigenvalue weighted by Crippen LogP contribution is -1.97. The molecule has 3 rings (SSSR count). The molecule has 0 aromatic heterocycles. The second-order valence-corrected chi connectivity index (χ2v) is 4.93. The summed E-state index contributed by atoms with van der Waals surface area (Å²) in [4.78, 5) is 12.0. The number of Topliss-reactive ketones (excluding diaryl/α,β-unsaturated/α-hetero) is 1. The minimum Gasteiger partial charge on any atom is -0.294 e. The zero-order chi connectivity index (χ0) is 13.2. The summed E-state index contributed by atoms with van der Waals surface area (Å²) in [5.74, 6) is 0.234. The molecule has 0 aliphatic carbocycles. The maximum atomic E-state index is 12.0. The van der Waals surface area contributed by atoms with E-state index in [4.69, 9.17) is 0 Å². The zero-order valence-corrected chi connectivity index (χ0v) is 11.0. The van der Waals surface area contributed by atoms with Crippen molar-refractivity contribution in [2.75, 3.05) is 0 Å². The van der Waals surface area contributed by atoms with Crippen LogP contribution in [0.4, 0.5) is 0 Å². The van der Waals surface area contributed by atoms with Crippen molar-refractivity contribution in [3.05, 3.63) is 60.2 Å². The molecule has 0 spiro atoms. The molecule has 94 valence electrons. The van der Waals surface area contributed by atoms with E-state index in [-0.39, 0.29) is 5.78 Å². The molecular weight excluding hydrogens is 232 g/mol. The molecule has 0 saturated carbocycles. The van der Waals surface area contributed by atoms with Gasteiger partial charge in [-0.25, -0.2) is 0 Å². The van der Waals surface area contributed by atoms with Crippen molar-refractivity contribution in [1.29, 1.82) is 0 Å². The summed E-state index contributed by atoms with van der Waals surface area (Å²) in [7, 11) is 0. The van der Waals surface area contributed by atoms with Gasteiger partial charge in [0.15, 0.2) is 5.78 Å². The Balaban J connectivity index is 2.16. The molecule has 0 radical (unpaired) electrons. The average molecular weight is 248 g/mol. The smallest absolute Gasteiger partial charge is 0.162 e. The highest BCUT2D eigenvalue weighted by Gasteiger charge is 2.06. The minimum atomic E-state index is 0.234. The van der Waals surface area contributed by atoms with E-state index in [2.05, 4.69) is 24.3 Å². The number of benzene rings is 3. The molecule has 0 saturated heterocycles. The largest absolute Gasteiger partial charge is 0.294 e. The Labute approximate surface area is 112 Å². The van der Waals surface area contributed by atoms with Crippen LogP contribution in [-0.2, 0) is 0 Å². The molecule has 0 fully saturated rings. The molecule has 3 aromatic rings. The molecule has 0 unspecified atom stereocenters. The molecule has 0 N–H and O–H groups in total. The molecule has 1 heteroatoms. The first-order chi connectivity index (χ1) is 9.28. The summed E-state index contributed by atoms with van der Waals surface area (Å²) < 4.78 is 0. The number of hydrogen-bond donors (Lipinski definition) is 0. The number of rotatable bonds is 3. The number of fused-ring (bicyclic) bond motifs is 2. The standard InChI is InChI=1S/C18H16O/c1-2-5-18(19)16-9-8-15-10-13-6-3-4-7-14(13)11-17(15)12-16/h3-4,6-12H,2,5H2,1H3. The van der Waals surface area contributed by atoms with Crippen molar-refractivity contribution in [2.24, 2.45) is 0 Å². The van der Waals surface area contributed by atoms with Gasteiger partial charge in [0.2, 0.25) is 0 Å². The number of carbonyl (C=O) groups is 1. The predicted octanol–water partition coefficient (Wildman–Crippen LogP) is 4.98. The van der Waals surface area contributed by atoms with Gasteiger partial charge < -0.3 is 0 Å². The molecule has 3 aromatic carbocycles. The van der Waals surface area contributed by atoms with E-state index < -0.39 is 0 Å². The Morgan fingerprint density at radius 1 is 0.842 bits per heavy atom. The maximum Gasteiger partial charge on any atom is 0.162 e. The van der Waals surface area contributed by atoms with Crippen LogP contribution in [0.3, 0.4) is 0 Å². The number of hydrogen-bond acceptors (Lipinski definition) is 1. The Hall–Kier alpha value is -2.15. The first-order valence-corrected chi connectivity index (χ1v) is 6.73. The summed E-state index contributed by atoms with van der Waals surface area (Å²) in [5.41, 5.74) is 0.824. The van der Waals surface area contributed by atoms with Crippen LogP contribution in [0.5, 0.6) is 0 Å². The quantitative estimate of drug-likeness (QED) is 0.472. The Morgan fingerprint density at radius 2 is 1.47 bits per heavy atom. The summed E-state index contributed by atoms with van der Waals surface area (Å²) in [6.07, 6.45) is 1.52. The molecule has 0 aliphatic heterocycles. The van der Waals surface area contributed by atoms with E-state index >= 15 is 0 Å². The number of ketones is 1. The van der Waals surface area contributed by atoms with Gasteiger partial charge >= 0.3 is 0 Å². The van der Waals surface area contributed by atoms with Gasteiger partial charge in [0.1, 0.15) is 0 Å². The summed E-state index contributed by atoms with van der Waals surface area (Å²) in [5, 5.41) is 4.78. The van der Waals surface area contributed by atoms with Crippen LogP contribution >= 0.6 is 0 Å². The van der Waals surface area contributed by atoms with Crippen LogP contribution in [0.15, 0.2) is 54.6 Å². The van der Waals surface area contributed by atoms with Gasteiger partial charge in [-0.3, -0.25) is 4.79 Å². The highest BCUT2D eigenvalue weighted by molar-refractivity contribution is 6.03. The molecule has 19 heavy (non-hydrogen) atoms. The van der Waals surface area contributed by atoms with Crippen LogP contribution in [0.1, 0.15) is 30.1 Å². The highest BCUT2D eigenvalue weighted by atomic mass is 16.1. The van der Waals surface area contributed by atoms with Crippen LogP contribution in [-0.4, -0.2) is 5.78 Å². The van der Waals surface area contributed by atoms with Crippen molar-refractivity contribution in [2.45, 2.75) is 19.8 Å². The topological polar surface area (TPSA) is 17.1 Å². The second-order valence-electron chi connectivity index (χ2n) is 4.93. The fraction of sp³-hybridized carbons (Fsp3) is 0.167.